The Morgan fingerprint density at radius 2 is 2.27 bits per heavy atom. The molecule has 0 amide bonds. The van der Waals surface area contributed by atoms with E-state index in [1.54, 1.807) is 17.6 Å². The molecule has 0 fully saturated rings. The molecule has 1 aromatic heterocycles. The second-order valence-electron chi connectivity index (χ2n) is 3.21. The minimum absolute atomic E-state index is 0.198. The summed E-state index contributed by atoms with van der Waals surface area (Å²) in [6.45, 7) is 1.59. The second-order valence-corrected chi connectivity index (χ2v) is 3.21. The summed E-state index contributed by atoms with van der Waals surface area (Å²) in [5.41, 5.74) is 1.54. The summed E-state index contributed by atoms with van der Waals surface area (Å²) in [7, 11) is 0. The van der Waals surface area contributed by atoms with Crippen molar-refractivity contribution in [3.8, 4) is 5.69 Å². The average molecular weight is 207 g/mol. The van der Waals surface area contributed by atoms with Crippen molar-refractivity contribution < 1.29 is 9.50 Å². The number of aryl methyl sites for hydroxylation is 1. The van der Waals surface area contributed by atoms with Crippen LogP contribution in [0.2, 0.25) is 0 Å². The molecule has 0 bridgehead atoms. The number of hydrogen-bond acceptors (Lipinski definition) is 3. The lowest BCUT2D eigenvalue weighted by molar-refractivity contribution is 0.269. The number of hydrogen-bond donors (Lipinski definition) is 1. The van der Waals surface area contributed by atoms with Gasteiger partial charge in [-0.3, -0.25) is 4.57 Å². The van der Waals surface area contributed by atoms with Gasteiger partial charge in [0.1, 0.15) is 18.8 Å². The van der Waals surface area contributed by atoms with Crippen LogP contribution in [0.15, 0.2) is 24.5 Å². The van der Waals surface area contributed by atoms with Crippen LogP contribution in [-0.2, 0) is 6.61 Å². The summed E-state index contributed by atoms with van der Waals surface area (Å²) >= 11 is 0. The zero-order chi connectivity index (χ0) is 10.8. The molecule has 0 aliphatic heterocycles. The molecule has 4 nitrogen and oxygen atoms in total. The van der Waals surface area contributed by atoms with Crippen LogP contribution in [0.1, 0.15) is 11.4 Å². The fourth-order valence-corrected chi connectivity index (χ4v) is 1.46. The number of benzene rings is 1. The number of aromatic nitrogens is 3. The largest absolute Gasteiger partial charge is 0.388 e. The molecule has 0 spiro atoms. The molecule has 5 heteroatoms. The average Bonchev–Trinajstić information content (AvgIpc) is 2.65. The van der Waals surface area contributed by atoms with Crippen molar-refractivity contribution in [1.82, 2.24) is 14.8 Å². The SMILES string of the molecule is Cc1cc(F)ccc1-n1cnnc1CO. The van der Waals surface area contributed by atoms with Crippen molar-refractivity contribution in [1.29, 1.82) is 0 Å². The third-order valence-corrected chi connectivity index (χ3v) is 2.18. The maximum atomic E-state index is 12.9. The topological polar surface area (TPSA) is 50.9 Å². The van der Waals surface area contributed by atoms with E-state index in [0.717, 1.165) is 11.3 Å². The minimum Gasteiger partial charge on any atom is -0.388 e. The summed E-state index contributed by atoms with van der Waals surface area (Å²) < 4.78 is 14.5. The Morgan fingerprint density at radius 1 is 1.47 bits per heavy atom. The van der Waals surface area contributed by atoms with Crippen molar-refractivity contribution in [3.63, 3.8) is 0 Å². The highest BCUT2D eigenvalue weighted by molar-refractivity contribution is 5.40. The van der Waals surface area contributed by atoms with Gasteiger partial charge in [-0.25, -0.2) is 4.39 Å². The predicted octanol–water partition coefficient (Wildman–Crippen LogP) is 1.21. The zero-order valence-corrected chi connectivity index (χ0v) is 8.18. The van der Waals surface area contributed by atoms with Gasteiger partial charge in [0.15, 0.2) is 5.82 Å². The van der Waals surface area contributed by atoms with Gasteiger partial charge in [0.05, 0.1) is 5.69 Å². The Kier molecular flexibility index (Phi) is 2.47. The van der Waals surface area contributed by atoms with E-state index >= 15 is 0 Å². The van der Waals surface area contributed by atoms with Crippen LogP contribution < -0.4 is 0 Å². The Bertz CT molecular complexity index is 481. The van der Waals surface area contributed by atoms with Crippen LogP contribution in [-0.4, -0.2) is 19.9 Å². The first-order valence-electron chi connectivity index (χ1n) is 4.48. The second kappa shape index (κ2) is 3.78. The lowest BCUT2D eigenvalue weighted by atomic mass is 10.2. The van der Waals surface area contributed by atoms with E-state index in [9.17, 15) is 4.39 Å². The van der Waals surface area contributed by atoms with Crippen molar-refractivity contribution >= 4 is 0 Å². The van der Waals surface area contributed by atoms with Gasteiger partial charge >= 0.3 is 0 Å². The van der Waals surface area contributed by atoms with Gasteiger partial charge in [-0.15, -0.1) is 10.2 Å². The van der Waals surface area contributed by atoms with E-state index in [1.807, 2.05) is 0 Å². The molecule has 2 aromatic rings. The fraction of sp³-hybridized carbons (Fsp3) is 0.200. The van der Waals surface area contributed by atoms with Gasteiger partial charge in [-0.05, 0) is 30.7 Å². The van der Waals surface area contributed by atoms with Crippen LogP contribution in [0.4, 0.5) is 4.39 Å². The molecule has 2 rings (SSSR count). The molecule has 1 aromatic carbocycles. The van der Waals surface area contributed by atoms with Crippen molar-refractivity contribution in [2.24, 2.45) is 0 Å². The third kappa shape index (κ3) is 1.73. The molecule has 0 unspecified atom stereocenters. The Morgan fingerprint density at radius 3 is 2.93 bits per heavy atom. The molecule has 0 saturated heterocycles. The highest BCUT2D eigenvalue weighted by atomic mass is 19.1. The highest BCUT2D eigenvalue weighted by Gasteiger charge is 2.07. The van der Waals surface area contributed by atoms with E-state index in [-0.39, 0.29) is 12.4 Å². The van der Waals surface area contributed by atoms with E-state index < -0.39 is 0 Å². The number of halogens is 1. The molecule has 0 aliphatic carbocycles. The summed E-state index contributed by atoms with van der Waals surface area (Å²) in [5.74, 6) is 0.152. The van der Waals surface area contributed by atoms with Crippen LogP contribution >= 0.6 is 0 Å². The first-order valence-corrected chi connectivity index (χ1v) is 4.48. The van der Waals surface area contributed by atoms with Crippen LogP contribution in [0.25, 0.3) is 5.69 Å². The van der Waals surface area contributed by atoms with Gasteiger partial charge in [0, 0.05) is 0 Å². The summed E-state index contributed by atoms with van der Waals surface area (Å²) in [4.78, 5) is 0. The first-order chi connectivity index (χ1) is 7.22. The van der Waals surface area contributed by atoms with E-state index in [0.29, 0.717) is 5.82 Å². The van der Waals surface area contributed by atoms with E-state index in [1.165, 1.54) is 18.5 Å². The monoisotopic (exact) mass is 207 g/mol. The zero-order valence-electron chi connectivity index (χ0n) is 8.18. The van der Waals surface area contributed by atoms with Crippen LogP contribution in [0.3, 0.4) is 0 Å². The van der Waals surface area contributed by atoms with Crippen molar-refractivity contribution in [2.75, 3.05) is 0 Å². The molecule has 1 heterocycles. The standard InChI is InChI=1S/C10H10FN3O/c1-7-4-8(11)2-3-9(7)14-6-12-13-10(14)5-15/h2-4,6,15H,5H2,1H3. The molecule has 78 valence electrons. The number of rotatable bonds is 2. The van der Waals surface area contributed by atoms with Gasteiger partial charge in [-0.2, -0.15) is 0 Å². The van der Waals surface area contributed by atoms with Crippen LogP contribution in [0, 0.1) is 12.7 Å². The molecule has 0 atom stereocenters. The summed E-state index contributed by atoms with van der Waals surface area (Å²) in [6, 6.07) is 4.42. The quantitative estimate of drug-likeness (QED) is 0.805. The molecule has 0 saturated carbocycles. The normalized spacial score (nSPS) is 10.6. The van der Waals surface area contributed by atoms with Gasteiger partial charge < -0.3 is 5.11 Å². The Balaban J connectivity index is 2.54. The fourth-order valence-electron chi connectivity index (χ4n) is 1.46. The predicted molar refractivity (Wildman–Crippen MR) is 52.0 cm³/mol. The minimum atomic E-state index is -0.283. The maximum absolute atomic E-state index is 12.9. The molecule has 1 N–H and O–H groups in total. The third-order valence-electron chi connectivity index (χ3n) is 2.18. The van der Waals surface area contributed by atoms with Gasteiger partial charge in [0.25, 0.3) is 0 Å². The Labute approximate surface area is 86.0 Å². The number of nitrogens with zero attached hydrogens (tertiary/aromatic N) is 3. The van der Waals surface area contributed by atoms with Crippen LogP contribution in [0.5, 0.6) is 0 Å². The first kappa shape index (κ1) is 9.79. The number of aliphatic hydroxyl groups is 1. The van der Waals surface area contributed by atoms with Crippen molar-refractivity contribution in [3.05, 3.63) is 41.7 Å². The smallest absolute Gasteiger partial charge is 0.163 e. The van der Waals surface area contributed by atoms with Gasteiger partial charge in [-0.1, -0.05) is 0 Å². The summed E-state index contributed by atoms with van der Waals surface area (Å²) in [6.07, 6.45) is 1.49. The summed E-state index contributed by atoms with van der Waals surface area (Å²) in [5, 5.41) is 16.5. The van der Waals surface area contributed by atoms with E-state index in [2.05, 4.69) is 10.2 Å². The van der Waals surface area contributed by atoms with Gasteiger partial charge in [0.2, 0.25) is 0 Å². The molecular weight excluding hydrogens is 197 g/mol. The molecule has 0 aliphatic rings. The highest BCUT2D eigenvalue weighted by Crippen LogP contribution is 2.16. The van der Waals surface area contributed by atoms with Crippen molar-refractivity contribution in [2.45, 2.75) is 13.5 Å². The number of aliphatic hydroxyl groups excluding tert-OH is 1. The lowest BCUT2D eigenvalue weighted by Crippen LogP contribution is -2.02. The molecule has 0 radical (unpaired) electrons. The van der Waals surface area contributed by atoms with E-state index in [4.69, 9.17) is 5.11 Å². The Hall–Kier alpha value is -1.75. The lowest BCUT2D eigenvalue weighted by Gasteiger charge is -2.07. The maximum Gasteiger partial charge on any atom is 0.163 e. The molecule has 15 heavy (non-hydrogen) atoms. The molecular formula is C10H10FN3O.